The van der Waals surface area contributed by atoms with Gasteiger partial charge in [0.2, 0.25) is 0 Å². The molecule has 0 fully saturated rings. The number of hydrogen-bond donors (Lipinski definition) is 1. The topological polar surface area (TPSA) is 20.2 Å². The summed E-state index contributed by atoms with van der Waals surface area (Å²) >= 11 is 0. The largest absolute Gasteiger partial charge is 0.396 e. The minimum atomic E-state index is 0.404. The molecule has 1 unspecified atom stereocenters. The summed E-state index contributed by atoms with van der Waals surface area (Å²) in [6.45, 7) is 4.93. The molecule has 0 saturated carbocycles. The first kappa shape index (κ1) is 21.0. The molecule has 0 aliphatic carbocycles. The summed E-state index contributed by atoms with van der Waals surface area (Å²) in [5.41, 5.74) is 0. The predicted molar refractivity (Wildman–Crippen MR) is 95.8 cm³/mol. The summed E-state index contributed by atoms with van der Waals surface area (Å²) in [5.74, 6) is 0.579. The molecule has 0 radical (unpaired) electrons. The Labute approximate surface area is 134 Å². The van der Waals surface area contributed by atoms with Crippen LogP contribution in [0, 0.1) is 5.92 Å². The molecule has 0 aromatic carbocycles. The summed E-state index contributed by atoms with van der Waals surface area (Å²) in [6, 6.07) is 0. The molecular weight excluding hydrogens is 256 g/mol. The Morgan fingerprint density at radius 1 is 0.524 bits per heavy atom. The highest BCUT2D eigenvalue weighted by molar-refractivity contribution is 4.59. The van der Waals surface area contributed by atoms with E-state index in [2.05, 4.69) is 13.8 Å². The zero-order valence-corrected chi connectivity index (χ0v) is 15.0. The van der Waals surface area contributed by atoms with Crippen molar-refractivity contribution in [3.05, 3.63) is 0 Å². The molecule has 21 heavy (non-hydrogen) atoms. The van der Waals surface area contributed by atoms with Crippen LogP contribution in [0.15, 0.2) is 0 Å². The normalized spacial score (nSPS) is 12.7. The summed E-state index contributed by atoms with van der Waals surface area (Å²) in [6.07, 6.45) is 21.9. The van der Waals surface area contributed by atoms with Crippen molar-refractivity contribution in [2.75, 3.05) is 6.61 Å². The standard InChI is InChI=1S/C20H42O/c1-3-5-7-8-9-10-11-12-13-14-16-18-20(19-21)17-15-6-4-2/h20-21H,3-19H2,1-2H3. The first-order valence-electron chi connectivity index (χ1n) is 9.96. The predicted octanol–water partition coefficient (Wildman–Crippen LogP) is 6.88. The third kappa shape index (κ3) is 16.2. The molecule has 0 spiro atoms. The molecule has 0 aromatic heterocycles. The number of hydrogen-bond acceptors (Lipinski definition) is 1. The molecule has 0 saturated heterocycles. The van der Waals surface area contributed by atoms with Crippen molar-refractivity contribution >= 4 is 0 Å². The molecule has 0 amide bonds. The average molecular weight is 299 g/mol. The smallest absolute Gasteiger partial charge is 0.0459 e. The van der Waals surface area contributed by atoms with Gasteiger partial charge in [-0.15, -0.1) is 0 Å². The van der Waals surface area contributed by atoms with Crippen molar-refractivity contribution < 1.29 is 5.11 Å². The second-order valence-electron chi connectivity index (χ2n) is 6.87. The van der Waals surface area contributed by atoms with E-state index < -0.39 is 0 Å². The van der Waals surface area contributed by atoms with Gasteiger partial charge in [-0.1, -0.05) is 104 Å². The van der Waals surface area contributed by atoms with Crippen molar-refractivity contribution in [2.24, 2.45) is 5.92 Å². The highest BCUT2D eigenvalue weighted by atomic mass is 16.3. The first-order chi connectivity index (χ1) is 10.3. The van der Waals surface area contributed by atoms with Gasteiger partial charge in [0.05, 0.1) is 0 Å². The van der Waals surface area contributed by atoms with E-state index in [0.29, 0.717) is 12.5 Å². The van der Waals surface area contributed by atoms with Crippen molar-refractivity contribution in [3.63, 3.8) is 0 Å². The molecule has 0 heterocycles. The molecule has 1 atom stereocenters. The Morgan fingerprint density at radius 2 is 0.857 bits per heavy atom. The lowest BCUT2D eigenvalue weighted by Crippen LogP contribution is -2.05. The fraction of sp³-hybridized carbons (Fsp3) is 1.00. The molecule has 0 rings (SSSR count). The highest BCUT2D eigenvalue weighted by Crippen LogP contribution is 2.18. The summed E-state index contributed by atoms with van der Waals surface area (Å²) < 4.78 is 0. The van der Waals surface area contributed by atoms with Gasteiger partial charge in [0.15, 0.2) is 0 Å². The van der Waals surface area contributed by atoms with Crippen LogP contribution in [0.4, 0.5) is 0 Å². The van der Waals surface area contributed by atoms with Gasteiger partial charge in [-0.3, -0.25) is 0 Å². The lowest BCUT2D eigenvalue weighted by molar-refractivity contribution is 0.204. The maximum atomic E-state index is 9.39. The minimum Gasteiger partial charge on any atom is -0.396 e. The van der Waals surface area contributed by atoms with Crippen LogP contribution < -0.4 is 0 Å². The van der Waals surface area contributed by atoms with Gasteiger partial charge in [-0.2, -0.15) is 0 Å². The highest BCUT2D eigenvalue weighted by Gasteiger charge is 2.06. The Morgan fingerprint density at radius 3 is 1.29 bits per heavy atom. The molecule has 1 N–H and O–H groups in total. The number of aliphatic hydroxyl groups is 1. The Kier molecular flexibility index (Phi) is 18.0. The third-order valence-electron chi connectivity index (χ3n) is 4.69. The van der Waals surface area contributed by atoms with Crippen LogP contribution >= 0.6 is 0 Å². The zero-order valence-electron chi connectivity index (χ0n) is 15.0. The molecule has 0 aliphatic rings. The van der Waals surface area contributed by atoms with Crippen LogP contribution in [0.2, 0.25) is 0 Å². The van der Waals surface area contributed by atoms with Crippen molar-refractivity contribution in [3.8, 4) is 0 Å². The molecular formula is C20H42O. The van der Waals surface area contributed by atoms with Gasteiger partial charge in [-0.25, -0.2) is 0 Å². The van der Waals surface area contributed by atoms with E-state index in [4.69, 9.17) is 0 Å². The van der Waals surface area contributed by atoms with Crippen LogP contribution in [-0.4, -0.2) is 11.7 Å². The van der Waals surface area contributed by atoms with Crippen molar-refractivity contribution in [1.82, 2.24) is 0 Å². The van der Waals surface area contributed by atoms with E-state index in [0.717, 1.165) is 0 Å². The molecule has 0 aromatic rings. The Bertz CT molecular complexity index is 179. The summed E-state index contributed by atoms with van der Waals surface area (Å²) in [4.78, 5) is 0. The van der Waals surface area contributed by atoms with Crippen LogP contribution in [-0.2, 0) is 0 Å². The molecule has 1 heteroatoms. The quantitative estimate of drug-likeness (QED) is 0.290. The van der Waals surface area contributed by atoms with Gasteiger partial charge in [-0.05, 0) is 18.8 Å². The van der Waals surface area contributed by atoms with E-state index >= 15 is 0 Å². The maximum absolute atomic E-state index is 9.39. The van der Waals surface area contributed by atoms with Crippen molar-refractivity contribution in [1.29, 1.82) is 0 Å². The maximum Gasteiger partial charge on any atom is 0.0459 e. The van der Waals surface area contributed by atoms with Gasteiger partial charge >= 0.3 is 0 Å². The Balaban J connectivity index is 3.19. The van der Waals surface area contributed by atoms with E-state index in [-0.39, 0.29) is 0 Å². The van der Waals surface area contributed by atoms with Gasteiger partial charge < -0.3 is 5.11 Å². The molecule has 0 bridgehead atoms. The van der Waals surface area contributed by atoms with E-state index in [9.17, 15) is 5.11 Å². The second-order valence-corrected chi connectivity index (χ2v) is 6.87. The fourth-order valence-electron chi connectivity index (χ4n) is 3.11. The van der Waals surface area contributed by atoms with Crippen LogP contribution in [0.3, 0.4) is 0 Å². The molecule has 0 aliphatic heterocycles. The monoisotopic (exact) mass is 298 g/mol. The van der Waals surface area contributed by atoms with Crippen LogP contribution in [0.25, 0.3) is 0 Å². The van der Waals surface area contributed by atoms with Crippen LogP contribution in [0.1, 0.15) is 117 Å². The summed E-state index contributed by atoms with van der Waals surface area (Å²) in [7, 11) is 0. The number of unbranched alkanes of at least 4 members (excludes halogenated alkanes) is 12. The zero-order chi connectivity index (χ0) is 15.6. The lowest BCUT2D eigenvalue weighted by atomic mass is 9.95. The third-order valence-corrected chi connectivity index (χ3v) is 4.69. The SMILES string of the molecule is CCCCCCCCCCCCCC(CO)CCCCC. The van der Waals surface area contributed by atoms with Crippen LogP contribution in [0.5, 0.6) is 0 Å². The fourth-order valence-corrected chi connectivity index (χ4v) is 3.11. The van der Waals surface area contributed by atoms with E-state index in [1.807, 2.05) is 0 Å². The second kappa shape index (κ2) is 18.0. The van der Waals surface area contributed by atoms with E-state index in [1.165, 1.54) is 103 Å². The average Bonchev–Trinajstić information content (AvgIpc) is 2.51. The van der Waals surface area contributed by atoms with Crippen molar-refractivity contribution in [2.45, 2.75) is 117 Å². The summed E-state index contributed by atoms with van der Waals surface area (Å²) in [5, 5.41) is 9.39. The van der Waals surface area contributed by atoms with Gasteiger partial charge in [0.25, 0.3) is 0 Å². The molecule has 1 nitrogen and oxygen atoms in total. The Hall–Kier alpha value is -0.0400. The molecule has 128 valence electrons. The minimum absolute atomic E-state index is 0.404. The van der Waals surface area contributed by atoms with Gasteiger partial charge in [0.1, 0.15) is 0 Å². The lowest BCUT2D eigenvalue weighted by Gasteiger charge is -2.13. The van der Waals surface area contributed by atoms with Gasteiger partial charge in [0, 0.05) is 6.61 Å². The van der Waals surface area contributed by atoms with E-state index in [1.54, 1.807) is 0 Å². The number of rotatable bonds is 17. The first-order valence-corrected chi connectivity index (χ1v) is 9.96. The number of aliphatic hydroxyl groups excluding tert-OH is 1.